The second-order valence-corrected chi connectivity index (χ2v) is 6.02. The van der Waals surface area contributed by atoms with Crippen LogP contribution < -0.4 is 5.32 Å². The Bertz CT molecular complexity index is 372. The lowest BCUT2D eigenvalue weighted by Gasteiger charge is -2.23. The van der Waals surface area contributed by atoms with E-state index in [9.17, 15) is 0 Å². The maximum atomic E-state index is 5.43. The van der Waals surface area contributed by atoms with Crippen LogP contribution in [-0.4, -0.2) is 22.7 Å². The Morgan fingerprint density at radius 2 is 2.05 bits per heavy atom. The zero-order valence-corrected chi connectivity index (χ0v) is 13.0. The molecule has 0 amide bonds. The molecule has 1 heterocycles. The highest BCUT2D eigenvalue weighted by Gasteiger charge is 2.26. The number of unbranched alkanes of at least 4 members (excludes halogenated alkanes) is 1. The minimum atomic E-state index is 0.511. The van der Waals surface area contributed by atoms with Gasteiger partial charge in [0, 0.05) is 18.9 Å². The molecule has 4 heteroatoms. The van der Waals surface area contributed by atoms with E-state index in [-0.39, 0.29) is 0 Å². The lowest BCUT2D eigenvalue weighted by molar-refractivity contribution is 0.307. The number of rotatable bonds is 9. The summed E-state index contributed by atoms with van der Waals surface area (Å²) in [5, 5.41) is 7.78. The van der Waals surface area contributed by atoms with Crippen molar-refractivity contribution in [3.8, 4) is 0 Å². The molecule has 1 aliphatic rings. The van der Waals surface area contributed by atoms with Gasteiger partial charge in [0.1, 0.15) is 0 Å². The Kier molecular flexibility index (Phi) is 6.51. The molecule has 20 heavy (non-hydrogen) atoms. The number of nitrogens with zero attached hydrogens (tertiary/aromatic N) is 2. The molecule has 1 atom stereocenters. The van der Waals surface area contributed by atoms with E-state index in [1.807, 2.05) is 0 Å². The summed E-state index contributed by atoms with van der Waals surface area (Å²) >= 11 is 0. The minimum absolute atomic E-state index is 0.511. The van der Waals surface area contributed by atoms with E-state index in [1.165, 1.54) is 38.5 Å². The van der Waals surface area contributed by atoms with E-state index in [1.54, 1.807) is 0 Å². The first-order valence-electron chi connectivity index (χ1n) is 8.38. The highest BCUT2D eigenvalue weighted by atomic mass is 16.5. The number of hydrogen-bond donors (Lipinski definition) is 1. The van der Waals surface area contributed by atoms with Crippen LogP contribution in [0.5, 0.6) is 0 Å². The van der Waals surface area contributed by atoms with Gasteiger partial charge in [0.15, 0.2) is 5.82 Å². The molecule has 1 N–H and O–H groups in total. The lowest BCUT2D eigenvalue weighted by atomic mass is 9.95. The van der Waals surface area contributed by atoms with Crippen molar-refractivity contribution in [2.45, 2.75) is 77.7 Å². The topological polar surface area (TPSA) is 51.0 Å². The number of hydrogen-bond acceptors (Lipinski definition) is 4. The Balaban J connectivity index is 1.90. The second-order valence-electron chi connectivity index (χ2n) is 6.02. The second kappa shape index (κ2) is 8.40. The van der Waals surface area contributed by atoms with Crippen LogP contribution >= 0.6 is 0 Å². The lowest BCUT2D eigenvalue weighted by Crippen LogP contribution is -2.37. The Morgan fingerprint density at radius 1 is 1.25 bits per heavy atom. The Hall–Kier alpha value is -0.900. The van der Waals surface area contributed by atoms with Crippen molar-refractivity contribution in [2.75, 3.05) is 6.54 Å². The molecule has 0 spiro atoms. The number of aryl methyl sites for hydroxylation is 1. The summed E-state index contributed by atoms with van der Waals surface area (Å²) in [4.78, 5) is 4.55. The van der Waals surface area contributed by atoms with Crippen molar-refractivity contribution in [1.29, 1.82) is 0 Å². The van der Waals surface area contributed by atoms with Crippen molar-refractivity contribution in [2.24, 2.45) is 5.92 Å². The number of nitrogens with one attached hydrogen (secondary N) is 1. The Labute approximate surface area is 122 Å². The average molecular weight is 279 g/mol. The van der Waals surface area contributed by atoms with Crippen molar-refractivity contribution >= 4 is 0 Å². The fraction of sp³-hybridized carbons (Fsp3) is 0.875. The molecule has 1 unspecified atom stereocenters. The molecule has 0 aliphatic heterocycles. The van der Waals surface area contributed by atoms with Gasteiger partial charge in [-0.15, -0.1) is 0 Å². The van der Waals surface area contributed by atoms with Crippen LogP contribution in [-0.2, 0) is 12.8 Å². The van der Waals surface area contributed by atoms with Crippen LogP contribution in [0.25, 0.3) is 0 Å². The van der Waals surface area contributed by atoms with E-state index in [0.717, 1.165) is 43.4 Å². The van der Waals surface area contributed by atoms with Crippen molar-refractivity contribution < 1.29 is 4.52 Å². The summed E-state index contributed by atoms with van der Waals surface area (Å²) in [6.45, 7) is 5.48. The molecule has 114 valence electrons. The smallest absolute Gasteiger partial charge is 0.228 e. The highest BCUT2D eigenvalue weighted by Crippen LogP contribution is 2.29. The van der Waals surface area contributed by atoms with Crippen LogP contribution in [0.1, 0.15) is 70.5 Å². The van der Waals surface area contributed by atoms with Crippen molar-refractivity contribution in [1.82, 2.24) is 15.5 Å². The first-order chi connectivity index (χ1) is 9.83. The molecule has 4 nitrogen and oxygen atoms in total. The van der Waals surface area contributed by atoms with Crippen molar-refractivity contribution in [3.05, 3.63) is 11.7 Å². The molecule has 1 aromatic heterocycles. The maximum absolute atomic E-state index is 5.43. The van der Waals surface area contributed by atoms with Gasteiger partial charge in [-0.2, -0.15) is 4.98 Å². The fourth-order valence-corrected chi connectivity index (χ4v) is 3.09. The molecule has 1 saturated carbocycles. The largest absolute Gasteiger partial charge is 0.339 e. The maximum Gasteiger partial charge on any atom is 0.228 e. The van der Waals surface area contributed by atoms with Gasteiger partial charge in [0.25, 0.3) is 0 Å². The standard InChI is InChI=1S/C16H29N3O/c1-3-5-10-15-18-16(20-19-15)12-14(17-11-4-2)13-8-6-7-9-13/h13-14,17H,3-12H2,1-2H3. The molecule has 1 aliphatic carbocycles. The van der Waals surface area contributed by atoms with Gasteiger partial charge >= 0.3 is 0 Å². The van der Waals surface area contributed by atoms with E-state index in [2.05, 4.69) is 29.3 Å². The van der Waals surface area contributed by atoms with Gasteiger partial charge in [-0.25, -0.2) is 0 Å². The van der Waals surface area contributed by atoms with Gasteiger partial charge < -0.3 is 9.84 Å². The van der Waals surface area contributed by atoms with Crippen LogP contribution in [0.4, 0.5) is 0 Å². The summed E-state index contributed by atoms with van der Waals surface area (Å²) in [6.07, 6.45) is 10.8. The predicted molar refractivity (Wildman–Crippen MR) is 80.7 cm³/mol. The van der Waals surface area contributed by atoms with Crippen LogP contribution in [0.2, 0.25) is 0 Å². The molecule has 0 bridgehead atoms. The van der Waals surface area contributed by atoms with Crippen LogP contribution in [0.15, 0.2) is 4.52 Å². The minimum Gasteiger partial charge on any atom is -0.339 e. The molecule has 0 saturated heterocycles. The summed E-state index contributed by atoms with van der Waals surface area (Å²) in [7, 11) is 0. The van der Waals surface area contributed by atoms with E-state index < -0.39 is 0 Å². The van der Waals surface area contributed by atoms with Gasteiger partial charge in [0.05, 0.1) is 0 Å². The van der Waals surface area contributed by atoms with Crippen LogP contribution in [0, 0.1) is 5.92 Å². The normalized spacial score (nSPS) is 17.7. The van der Waals surface area contributed by atoms with Gasteiger partial charge in [-0.05, 0) is 38.1 Å². The summed E-state index contributed by atoms with van der Waals surface area (Å²) in [5.41, 5.74) is 0. The summed E-state index contributed by atoms with van der Waals surface area (Å²) < 4.78 is 5.43. The highest BCUT2D eigenvalue weighted by molar-refractivity contribution is 4.92. The third-order valence-corrected chi connectivity index (χ3v) is 4.28. The van der Waals surface area contributed by atoms with Gasteiger partial charge in [0.2, 0.25) is 5.89 Å². The summed E-state index contributed by atoms with van der Waals surface area (Å²) in [5.74, 6) is 2.48. The quantitative estimate of drug-likeness (QED) is 0.751. The molecular weight excluding hydrogens is 250 g/mol. The first-order valence-corrected chi connectivity index (χ1v) is 8.38. The predicted octanol–water partition coefficient (Wildman–Crippen LogP) is 3.51. The zero-order valence-electron chi connectivity index (χ0n) is 13.0. The molecule has 0 aromatic carbocycles. The molecule has 1 aromatic rings. The van der Waals surface area contributed by atoms with E-state index in [4.69, 9.17) is 4.52 Å². The third kappa shape index (κ3) is 4.58. The molecule has 0 radical (unpaired) electrons. The SMILES string of the molecule is CCCCc1noc(CC(NCCC)C2CCCC2)n1. The average Bonchev–Trinajstić information content (AvgIpc) is 3.12. The van der Waals surface area contributed by atoms with Crippen LogP contribution in [0.3, 0.4) is 0 Å². The zero-order chi connectivity index (χ0) is 14.2. The summed E-state index contributed by atoms with van der Waals surface area (Å²) in [6, 6.07) is 0.511. The molecule has 1 fully saturated rings. The fourth-order valence-electron chi connectivity index (χ4n) is 3.09. The van der Waals surface area contributed by atoms with E-state index in [0.29, 0.717) is 6.04 Å². The van der Waals surface area contributed by atoms with E-state index >= 15 is 0 Å². The monoisotopic (exact) mass is 279 g/mol. The van der Waals surface area contributed by atoms with Gasteiger partial charge in [-0.1, -0.05) is 38.3 Å². The van der Waals surface area contributed by atoms with Gasteiger partial charge in [-0.3, -0.25) is 0 Å². The number of aromatic nitrogens is 2. The Morgan fingerprint density at radius 3 is 2.75 bits per heavy atom. The first kappa shape index (κ1) is 15.5. The molecule has 2 rings (SSSR count). The third-order valence-electron chi connectivity index (χ3n) is 4.28. The molecular formula is C16H29N3O. The van der Waals surface area contributed by atoms with Crippen molar-refractivity contribution in [3.63, 3.8) is 0 Å².